The number of rotatable bonds is 3. The van der Waals surface area contributed by atoms with Crippen LogP contribution in [0.3, 0.4) is 0 Å². The third-order valence-corrected chi connectivity index (χ3v) is 4.92. The molecule has 18 heavy (non-hydrogen) atoms. The van der Waals surface area contributed by atoms with Crippen molar-refractivity contribution in [2.24, 2.45) is 0 Å². The average Bonchev–Trinajstić information content (AvgIpc) is 2.32. The van der Waals surface area contributed by atoms with Crippen LogP contribution in [0.4, 0.5) is 0 Å². The monoisotopic (exact) mass is 289 g/mol. The van der Waals surface area contributed by atoms with Gasteiger partial charge in [-0.2, -0.15) is 0 Å². The molecule has 0 spiro atoms. The number of aliphatic hydroxyl groups excluding tert-OH is 1. The lowest BCUT2D eigenvalue weighted by molar-refractivity contribution is 0.101. The molecular formula is C12H16ClNO3S. The topological polar surface area (TPSA) is 66.4 Å². The summed E-state index contributed by atoms with van der Waals surface area (Å²) in [4.78, 5) is 0.171. The molecular weight excluding hydrogens is 274 g/mol. The van der Waals surface area contributed by atoms with Crippen molar-refractivity contribution in [2.45, 2.75) is 42.7 Å². The zero-order valence-corrected chi connectivity index (χ0v) is 11.4. The Labute approximate surface area is 112 Å². The maximum Gasteiger partial charge on any atom is 0.240 e. The number of nitrogens with one attached hydrogen (secondary N) is 1. The van der Waals surface area contributed by atoms with Crippen molar-refractivity contribution in [1.82, 2.24) is 4.72 Å². The van der Waals surface area contributed by atoms with E-state index in [0.29, 0.717) is 17.9 Å². The van der Waals surface area contributed by atoms with Gasteiger partial charge in [-0.25, -0.2) is 13.1 Å². The predicted octanol–water partition coefficient (Wildman–Crippen LogP) is 1.92. The number of aliphatic hydroxyl groups is 1. The van der Waals surface area contributed by atoms with Gasteiger partial charge in [0.05, 0.1) is 11.0 Å². The number of hydrogen-bond donors (Lipinski definition) is 2. The van der Waals surface area contributed by atoms with Crippen molar-refractivity contribution in [3.63, 3.8) is 0 Å². The Bertz CT molecular complexity index is 501. The number of hydrogen-bond acceptors (Lipinski definition) is 3. The highest BCUT2D eigenvalue weighted by molar-refractivity contribution is 7.89. The van der Waals surface area contributed by atoms with E-state index in [9.17, 15) is 13.5 Å². The molecule has 0 saturated heterocycles. The molecule has 0 bridgehead atoms. The molecule has 4 nitrogen and oxygen atoms in total. The van der Waals surface area contributed by atoms with Crippen molar-refractivity contribution in [2.75, 3.05) is 0 Å². The Kier molecular flexibility index (Phi) is 4.27. The summed E-state index contributed by atoms with van der Waals surface area (Å²) in [5.41, 5.74) is 0. The molecule has 1 saturated carbocycles. The van der Waals surface area contributed by atoms with Crippen molar-refractivity contribution in [3.05, 3.63) is 29.3 Å². The minimum absolute atomic E-state index is 0.171. The van der Waals surface area contributed by atoms with Crippen molar-refractivity contribution >= 4 is 21.6 Å². The van der Waals surface area contributed by atoms with Crippen LogP contribution in [-0.4, -0.2) is 25.7 Å². The third-order valence-electron chi connectivity index (χ3n) is 3.16. The van der Waals surface area contributed by atoms with E-state index < -0.39 is 16.1 Å². The van der Waals surface area contributed by atoms with Gasteiger partial charge >= 0.3 is 0 Å². The first-order valence-electron chi connectivity index (χ1n) is 5.95. The van der Waals surface area contributed by atoms with E-state index in [0.717, 1.165) is 12.8 Å². The fourth-order valence-electron chi connectivity index (χ4n) is 2.13. The van der Waals surface area contributed by atoms with Gasteiger partial charge in [-0.05, 0) is 37.1 Å². The molecule has 0 unspecified atom stereocenters. The van der Waals surface area contributed by atoms with E-state index in [4.69, 9.17) is 11.6 Å². The van der Waals surface area contributed by atoms with Crippen molar-refractivity contribution in [1.29, 1.82) is 0 Å². The Balaban J connectivity index is 2.13. The van der Waals surface area contributed by atoms with Crippen LogP contribution in [0.15, 0.2) is 29.2 Å². The van der Waals surface area contributed by atoms with Gasteiger partial charge < -0.3 is 5.11 Å². The molecule has 1 aliphatic rings. The highest BCUT2D eigenvalue weighted by Gasteiger charge is 2.27. The Morgan fingerprint density at radius 1 is 1.17 bits per heavy atom. The van der Waals surface area contributed by atoms with Crippen molar-refractivity contribution < 1.29 is 13.5 Å². The lowest BCUT2D eigenvalue weighted by atomic mass is 9.93. The summed E-state index contributed by atoms with van der Waals surface area (Å²) >= 11 is 5.72. The maximum absolute atomic E-state index is 12.1. The lowest BCUT2D eigenvalue weighted by Gasteiger charge is -2.28. The summed E-state index contributed by atoms with van der Waals surface area (Å²) in [6.07, 6.45) is 2.60. The van der Waals surface area contributed by atoms with Crippen LogP contribution in [-0.2, 0) is 10.0 Å². The molecule has 1 aliphatic carbocycles. The minimum Gasteiger partial charge on any atom is -0.391 e. The second kappa shape index (κ2) is 5.57. The van der Waals surface area contributed by atoms with Crippen LogP contribution >= 0.6 is 11.6 Å². The van der Waals surface area contributed by atoms with Crippen LogP contribution < -0.4 is 4.72 Å². The lowest BCUT2D eigenvalue weighted by Crippen LogP contribution is -2.44. The minimum atomic E-state index is -3.58. The summed E-state index contributed by atoms with van der Waals surface area (Å²) in [6.45, 7) is 0. The number of benzene rings is 1. The molecule has 2 atom stereocenters. The van der Waals surface area contributed by atoms with Crippen LogP contribution in [0.5, 0.6) is 0 Å². The Hall–Kier alpha value is -0.620. The number of halogens is 1. The normalized spacial score (nSPS) is 25.0. The van der Waals surface area contributed by atoms with Gasteiger partial charge in [0.25, 0.3) is 0 Å². The largest absolute Gasteiger partial charge is 0.391 e. The molecule has 0 heterocycles. The summed E-state index contributed by atoms with van der Waals surface area (Å²) in [7, 11) is -3.58. The van der Waals surface area contributed by atoms with Gasteiger partial charge in [-0.15, -0.1) is 0 Å². The molecule has 1 aromatic rings. The van der Waals surface area contributed by atoms with Gasteiger partial charge in [-0.1, -0.05) is 24.4 Å². The quantitative estimate of drug-likeness (QED) is 0.893. The highest BCUT2D eigenvalue weighted by Crippen LogP contribution is 2.21. The smallest absolute Gasteiger partial charge is 0.240 e. The molecule has 0 amide bonds. The first-order valence-corrected chi connectivity index (χ1v) is 7.81. The van der Waals surface area contributed by atoms with Gasteiger partial charge in [0.1, 0.15) is 0 Å². The second-order valence-corrected chi connectivity index (χ2v) is 6.68. The zero-order chi connectivity index (χ0) is 13.2. The fourth-order valence-corrected chi connectivity index (χ4v) is 3.56. The fraction of sp³-hybridized carbons (Fsp3) is 0.500. The molecule has 2 rings (SSSR count). The van der Waals surface area contributed by atoms with E-state index in [2.05, 4.69) is 4.72 Å². The molecule has 0 aliphatic heterocycles. The molecule has 1 fully saturated rings. The molecule has 0 radical (unpaired) electrons. The van der Waals surface area contributed by atoms with Gasteiger partial charge in [0.15, 0.2) is 0 Å². The van der Waals surface area contributed by atoms with E-state index in [-0.39, 0.29) is 10.9 Å². The molecule has 1 aromatic carbocycles. The van der Waals surface area contributed by atoms with Crippen LogP contribution in [0.2, 0.25) is 5.02 Å². The van der Waals surface area contributed by atoms with Gasteiger partial charge in [0, 0.05) is 11.1 Å². The van der Waals surface area contributed by atoms with E-state index in [1.165, 1.54) is 24.3 Å². The Morgan fingerprint density at radius 3 is 2.39 bits per heavy atom. The summed E-state index contributed by atoms with van der Waals surface area (Å²) in [5.74, 6) is 0. The highest BCUT2D eigenvalue weighted by atomic mass is 35.5. The molecule has 0 aromatic heterocycles. The Morgan fingerprint density at radius 2 is 1.78 bits per heavy atom. The van der Waals surface area contributed by atoms with E-state index in [1.807, 2.05) is 0 Å². The number of sulfonamides is 1. The molecule has 6 heteroatoms. The van der Waals surface area contributed by atoms with Crippen LogP contribution in [0, 0.1) is 0 Å². The van der Waals surface area contributed by atoms with Crippen LogP contribution in [0.25, 0.3) is 0 Å². The van der Waals surface area contributed by atoms with E-state index in [1.54, 1.807) is 0 Å². The first-order chi connectivity index (χ1) is 8.49. The van der Waals surface area contributed by atoms with Gasteiger partial charge in [0.2, 0.25) is 10.0 Å². The molecule has 2 N–H and O–H groups in total. The zero-order valence-electron chi connectivity index (χ0n) is 9.84. The van der Waals surface area contributed by atoms with Gasteiger partial charge in [-0.3, -0.25) is 0 Å². The van der Waals surface area contributed by atoms with Crippen molar-refractivity contribution in [3.8, 4) is 0 Å². The predicted molar refractivity (Wildman–Crippen MR) is 70.0 cm³/mol. The summed E-state index contributed by atoms with van der Waals surface area (Å²) < 4.78 is 26.7. The maximum atomic E-state index is 12.1. The SMILES string of the molecule is O=S(=O)(N[C@@H]1CCCC[C@@H]1O)c1ccc(Cl)cc1. The standard InChI is InChI=1S/C12H16ClNO3S/c13-9-5-7-10(8-6-9)18(16,17)14-11-3-1-2-4-12(11)15/h5-8,11-12,14-15H,1-4H2/t11-,12+/m1/s1. The van der Waals surface area contributed by atoms with Crippen LogP contribution in [0.1, 0.15) is 25.7 Å². The first kappa shape index (κ1) is 13.8. The summed E-state index contributed by atoms with van der Waals surface area (Å²) in [6, 6.07) is 5.60. The molecule has 100 valence electrons. The second-order valence-electron chi connectivity index (χ2n) is 4.53. The average molecular weight is 290 g/mol. The summed E-state index contributed by atoms with van der Waals surface area (Å²) in [5, 5.41) is 10.3. The third kappa shape index (κ3) is 3.23. The van der Waals surface area contributed by atoms with E-state index >= 15 is 0 Å².